The highest BCUT2D eigenvalue weighted by Crippen LogP contribution is 2.52. The van der Waals surface area contributed by atoms with Crippen molar-refractivity contribution in [3.05, 3.63) is 150 Å². The van der Waals surface area contributed by atoms with Gasteiger partial charge in [0.05, 0.1) is 54.4 Å². The van der Waals surface area contributed by atoms with Crippen molar-refractivity contribution in [2.45, 2.75) is 84.3 Å². The molecule has 8 nitrogen and oxygen atoms in total. The summed E-state index contributed by atoms with van der Waals surface area (Å²) < 4.78 is 43.9. The van der Waals surface area contributed by atoms with E-state index in [9.17, 15) is 0 Å². The minimum atomic E-state index is -1.16. The first kappa shape index (κ1) is 42.9. The Kier molecular flexibility index (Phi) is 14.6. The third kappa shape index (κ3) is 9.92. The fourth-order valence-corrected chi connectivity index (χ4v) is 8.77. The predicted octanol–water partition coefficient (Wildman–Crippen LogP) is 10.1. The van der Waals surface area contributed by atoms with E-state index in [1.165, 1.54) is 5.57 Å². The SMILES string of the molecule is C=CC(OCc1ccc(OC)cc1)[C@](COCc1ccc(OC)cc1)(OCc1ccccc1)[C@H]1C/C=C2\CCC([C@@H](OCc3ccc(OC)cc3)C(=O)[C@H]1C)C2(C)C. The molecule has 0 saturated heterocycles. The highest BCUT2D eigenvalue weighted by Gasteiger charge is 2.54. The van der Waals surface area contributed by atoms with E-state index in [-0.39, 0.29) is 42.9 Å². The number of ketones is 1. The number of methoxy groups -OCH3 is 3. The Balaban J connectivity index is 1.41. The van der Waals surface area contributed by atoms with Gasteiger partial charge in [0.1, 0.15) is 35.1 Å². The van der Waals surface area contributed by atoms with Gasteiger partial charge in [-0.2, -0.15) is 0 Å². The number of hydrogen-bond acceptors (Lipinski definition) is 8. The maximum atomic E-state index is 15.3. The zero-order valence-electron chi connectivity index (χ0n) is 35.0. The van der Waals surface area contributed by atoms with Crippen LogP contribution in [0, 0.1) is 23.2 Å². The molecule has 308 valence electrons. The highest BCUT2D eigenvalue weighted by molar-refractivity contribution is 5.86. The molecular formula is C50H60O8. The second-order valence-electron chi connectivity index (χ2n) is 16.1. The molecule has 0 spiro atoms. The minimum Gasteiger partial charge on any atom is -0.497 e. The zero-order chi connectivity index (χ0) is 41.1. The number of Topliss-reactive ketones (excluding diaryl/α,β-unsaturated/α-hetero) is 1. The van der Waals surface area contributed by atoms with Crippen molar-refractivity contribution in [2.24, 2.45) is 23.2 Å². The number of allylic oxidation sites excluding steroid dienone is 2. The summed E-state index contributed by atoms with van der Waals surface area (Å²) >= 11 is 0. The van der Waals surface area contributed by atoms with E-state index in [4.69, 9.17) is 33.2 Å². The van der Waals surface area contributed by atoms with Crippen molar-refractivity contribution < 1.29 is 38.0 Å². The van der Waals surface area contributed by atoms with Gasteiger partial charge in [-0.25, -0.2) is 0 Å². The van der Waals surface area contributed by atoms with Gasteiger partial charge < -0.3 is 33.2 Å². The third-order valence-electron chi connectivity index (χ3n) is 12.4. The molecule has 6 rings (SSSR count). The van der Waals surface area contributed by atoms with Crippen molar-refractivity contribution in [3.8, 4) is 17.2 Å². The van der Waals surface area contributed by atoms with Crippen molar-refractivity contribution in [1.82, 2.24) is 0 Å². The number of carbonyl (C=O) groups is 1. The minimum absolute atomic E-state index is 0.0122. The Morgan fingerprint density at radius 3 is 1.83 bits per heavy atom. The molecule has 2 aliphatic rings. The van der Waals surface area contributed by atoms with Gasteiger partial charge in [-0.1, -0.05) is 105 Å². The molecule has 8 heteroatoms. The van der Waals surface area contributed by atoms with E-state index < -0.39 is 23.7 Å². The van der Waals surface area contributed by atoms with Gasteiger partial charge in [0.25, 0.3) is 0 Å². The molecule has 58 heavy (non-hydrogen) atoms. The predicted molar refractivity (Wildman–Crippen MR) is 227 cm³/mol. The average Bonchev–Trinajstić information content (AvgIpc) is 3.56. The van der Waals surface area contributed by atoms with Crippen LogP contribution in [0.15, 0.2) is 127 Å². The molecule has 0 N–H and O–H groups in total. The van der Waals surface area contributed by atoms with E-state index in [2.05, 4.69) is 26.5 Å². The molecule has 4 aromatic rings. The number of benzene rings is 4. The average molecular weight is 789 g/mol. The van der Waals surface area contributed by atoms with Crippen LogP contribution in [0.3, 0.4) is 0 Å². The Morgan fingerprint density at radius 1 is 0.741 bits per heavy atom. The highest BCUT2D eigenvalue weighted by atomic mass is 16.6. The first-order valence-corrected chi connectivity index (χ1v) is 20.3. The molecule has 4 aromatic carbocycles. The molecule has 1 fully saturated rings. The van der Waals surface area contributed by atoms with Crippen LogP contribution in [0.25, 0.3) is 0 Å². The maximum Gasteiger partial charge on any atom is 0.165 e. The van der Waals surface area contributed by atoms with Crippen LogP contribution in [0.1, 0.15) is 62.3 Å². The summed E-state index contributed by atoms with van der Waals surface area (Å²) in [6.45, 7) is 12.2. The number of hydrogen-bond donors (Lipinski definition) is 0. The van der Waals surface area contributed by atoms with E-state index in [1.54, 1.807) is 21.3 Å². The lowest BCUT2D eigenvalue weighted by atomic mass is 9.70. The molecule has 0 heterocycles. The molecule has 1 saturated carbocycles. The fourth-order valence-electron chi connectivity index (χ4n) is 8.77. The van der Waals surface area contributed by atoms with Gasteiger partial charge in [0, 0.05) is 17.8 Å². The van der Waals surface area contributed by atoms with Crippen LogP contribution in [0.5, 0.6) is 17.2 Å². The van der Waals surface area contributed by atoms with Crippen LogP contribution >= 0.6 is 0 Å². The zero-order valence-corrected chi connectivity index (χ0v) is 35.0. The largest absolute Gasteiger partial charge is 0.497 e. The van der Waals surface area contributed by atoms with Gasteiger partial charge in [-0.05, 0) is 83.3 Å². The second kappa shape index (κ2) is 19.8. The summed E-state index contributed by atoms with van der Waals surface area (Å²) in [5.41, 5.74) is 3.88. The number of ether oxygens (including phenoxy) is 7. The van der Waals surface area contributed by atoms with Crippen LogP contribution in [0.2, 0.25) is 0 Å². The van der Waals surface area contributed by atoms with Crippen molar-refractivity contribution >= 4 is 5.78 Å². The first-order chi connectivity index (χ1) is 28.1. The van der Waals surface area contributed by atoms with Gasteiger partial charge >= 0.3 is 0 Å². The van der Waals surface area contributed by atoms with Gasteiger partial charge in [-0.3, -0.25) is 4.79 Å². The molecular weight excluding hydrogens is 729 g/mol. The summed E-state index contributed by atoms with van der Waals surface area (Å²) in [7, 11) is 4.96. The van der Waals surface area contributed by atoms with E-state index >= 15 is 4.79 Å². The van der Waals surface area contributed by atoms with Gasteiger partial charge in [0.2, 0.25) is 0 Å². The topological polar surface area (TPSA) is 81.7 Å². The smallest absolute Gasteiger partial charge is 0.165 e. The number of fused-ring (bicyclic) bond motifs is 2. The summed E-state index contributed by atoms with van der Waals surface area (Å²) in [6.07, 6.45) is 5.25. The maximum absolute atomic E-state index is 15.3. The molecule has 0 radical (unpaired) electrons. The van der Waals surface area contributed by atoms with E-state index in [0.717, 1.165) is 52.3 Å². The fraction of sp³-hybridized carbons (Fsp3) is 0.420. The van der Waals surface area contributed by atoms with Gasteiger partial charge in [0.15, 0.2) is 5.78 Å². The second-order valence-corrected chi connectivity index (χ2v) is 16.1. The quantitative estimate of drug-likeness (QED) is 0.0869. The summed E-state index contributed by atoms with van der Waals surface area (Å²) in [6, 6.07) is 33.6. The molecule has 2 aliphatic carbocycles. The lowest BCUT2D eigenvalue weighted by Gasteiger charge is -2.47. The number of rotatable bonds is 19. The van der Waals surface area contributed by atoms with Crippen LogP contribution < -0.4 is 14.2 Å². The Labute approximate surface area is 345 Å². The molecule has 0 aliphatic heterocycles. The summed E-state index contributed by atoms with van der Waals surface area (Å²) in [5, 5.41) is 0. The normalized spacial score (nSPS) is 22.7. The van der Waals surface area contributed by atoms with Crippen LogP contribution in [0.4, 0.5) is 0 Å². The molecule has 6 atom stereocenters. The van der Waals surface area contributed by atoms with Crippen molar-refractivity contribution in [2.75, 3.05) is 27.9 Å². The summed E-state index contributed by atoms with van der Waals surface area (Å²) in [5.74, 6) is 1.51. The Bertz CT molecular complexity index is 1940. The molecule has 2 bridgehead atoms. The lowest BCUT2D eigenvalue weighted by molar-refractivity contribution is -0.209. The number of carbonyl (C=O) groups excluding carboxylic acids is 1. The van der Waals surface area contributed by atoms with E-state index in [0.29, 0.717) is 19.6 Å². The molecule has 0 amide bonds. The molecule has 2 unspecified atom stereocenters. The Morgan fingerprint density at radius 2 is 1.28 bits per heavy atom. The lowest BCUT2D eigenvalue weighted by Crippen LogP contribution is -2.58. The van der Waals surface area contributed by atoms with Crippen molar-refractivity contribution in [3.63, 3.8) is 0 Å². The Hall–Kier alpha value is -4.73. The third-order valence-corrected chi connectivity index (χ3v) is 12.4. The van der Waals surface area contributed by atoms with Gasteiger partial charge in [-0.15, -0.1) is 6.58 Å². The summed E-state index contributed by atoms with van der Waals surface area (Å²) in [4.78, 5) is 15.3. The van der Waals surface area contributed by atoms with Crippen molar-refractivity contribution in [1.29, 1.82) is 0 Å². The van der Waals surface area contributed by atoms with Crippen LogP contribution in [-0.2, 0) is 50.2 Å². The van der Waals surface area contributed by atoms with E-state index in [1.807, 2.05) is 116 Å². The van der Waals surface area contributed by atoms with Crippen LogP contribution in [-0.4, -0.2) is 51.5 Å². The monoisotopic (exact) mass is 788 g/mol. The standard InChI is InChI=1S/C50H60O8/c1-8-46(56-31-38-16-24-42(53-6)25-17-38)50(58-33-36-12-10-9-11-13-36,34-55-30-37-14-22-41(52-5)23-15-37)44-28-20-40-21-29-45(49(40,3)4)48(47(51)35(44)2)57-32-39-18-26-43(54-7)27-19-39/h8-20,22-27,35,44-46,48H,1,21,28-34H2,2-7H3/b40-20+/t35-,44-,45?,46?,48+,50+/m0/s1. The first-order valence-electron chi connectivity index (χ1n) is 20.3. The molecule has 0 aromatic heterocycles.